The highest BCUT2D eigenvalue weighted by Gasteiger charge is 2.13. The Balaban J connectivity index is 1.45. The summed E-state index contributed by atoms with van der Waals surface area (Å²) >= 11 is 1.37. The molecule has 3 aromatic rings. The molecule has 1 aromatic heterocycles. The molecule has 0 aliphatic carbocycles. The molecule has 0 saturated heterocycles. The normalized spacial score (nSPS) is 11.7. The fraction of sp³-hybridized carbons (Fsp3) is 0.348. The summed E-state index contributed by atoms with van der Waals surface area (Å²) in [4.78, 5) is 17.0. The van der Waals surface area contributed by atoms with Gasteiger partial charge in [0.05, 0.1) is 7.11 Å². The molecule has 3 rings (SSSR count). The summed E-state index contributed by atoms with van der Waals surface area (Å²) in [6, 6.07) is 15.7. The van der Waals surface area contributed by atoms with Crippen LogP contribution in [0, 0.1) is 6.92 Å². The van der Waals surface area contributed by atoms with Crippen molar-refractivity contribution < 1.29 is 9.53 Å². The number of ether oxygens (including phenoxy) is 1. The predicted molar refractivity (Wildman–Crippen MR) is 122 cm³/mol. The van der Waals surface area contributed by atoms with Gasteiger partial charge in [0.2, 0.25) is 5.13 Å². The lowest BCUT2D eigenvalue weighted by Crippen LogP contribution is -2.35. The molecule has 1 heterocycles. The molecule has 0 bridgehead atoms. The summed E-state index contributed by atoms with van der Waals surface area (Å²) in [7, 11) is 1.61. The van der Waals surface area contributed by atoms with Crippen molar-refractivity contribution in [3.05, 3.63) is 71.0 Å². The SMILES string of the molecule is CCC(CCNc1nc(Cc2ccc(C)cc2)ns1)NC(=O)c1ccc(OC)cc1. The van der Waals surface area contributed by atoms with Crippen LogP contribution in [0.3, 0.4) is 0 Å². The number of carbonyl (C=O) groups is 1. The van der Waals surface area contributed by atoms with Gasteiger partial charge in [-0.05, 0) is 49.6 Å². The Morgan fingerprint density at radius 3 is 2.53 bits per heavy atom. The summed E-state index contributed by atoms with van der Waals surface area (Å²) in [5.74, 6) is 1.49. The molecule has 0 aliphatic rings. The number of carbonyl (C=O) groups excluding carboxylic acids is 1. The van der Waals surface area contributed by atoms with E-state index < -0.39 is 0 Å². The Bertz CT molecular complexity index is 939. The second kappa shape index (κ2) is 10.7. The monoisotopic (exact) mass is 424 g/mol. The molecule has 1 atom stereocenters. The molecule has 2 N–H and O–H groups in total. The van der Waals surface area contributed by atoms with E-state index in [1.54, 1.807) is 31.4 Å². The molecule has 6 nitrogen and oxygen atoms in total. The maximum atomic E-state index is 12.5. The number of nitrogens with one attached hydrogen (secondary N) is 2. The van der Waals surface area contributed by atoms with E-state index in [1.807, 2.05) is 0 Å². The summed E-state index contributed by atoms with van der Waals surface area (Å²) in [5.41, 5.74) is 3.08. The average molecular weight is 425 g/mol. The second-order valence-corrected chi connectivity index (χ2v) is 7.95. The number of anilines is 1. The number of nitrogens with zero attached hydrogens (tertiary/aromatic N) is 2. The minimum atomic E-state index is -0.0687. The Kier molecular flexibility index (Phi) is 7.79. The van der Waals surface area contributed by atoms with Crippen molar-refractivity contribution in [3.63, 3.8) is 0 Å². The summed E-state index contributed by atoms with van der Waals surface area (Å²) in [6.45, 7) is 4.88. The highest BCUT2D eigenvalue weighted by atomic mass is 32.1. The van der Waals surface area contributed by atoms with Crippen molar-refractivity contribution in [2.24, 2.45) is 0 Å². The van der Waals surface area contributed by atoms with Gasteiger partial charge in [0.15, 0.2) is 0 Å². The summed E-state index contributed by atoms with van der Waals surface area (Å²) in [5, 5.41) is 7.24. The van der Waals surface area contributed by atoms with Crippen molar-refractivity contribution in [2.75, 3.05) is 19.0 Å². The molecule has 0 spiro atoms. The van der Waals surface area contributed by atoms with E-state index in [0.717, 1.165) is 42.5 Å². The van der Waals surface area contributed by atoms with Gasteiger partial charge in [0.25, 0.3) is 5.91 Å². The molecule has 7 heteroatoms. The molecule has 0 saturated carbocycles. The summed E-state index contributed by atoms with van der Waals surface area (Å²) < 4.78 is 9.58. The first kappa shape index (κ1) is 21.8. The zero-order chi connectivity index (χ0) is 21.3. The zero-order valence-corrected chi connectivity index (χ0v) is 18.5. The lowest BCUT2D eigenvalue weighted by Gasteiger charge is -2.17. The van der Waals surface area contributed by atoms with Crippen molar-refractivity contribution >= 4 is 22.6 Å². The lowest BCUT2D eigenvalue weighted by atomic mass is 10.1. The number of hydrogen-bond acceptors (Lipinski definition) is 6. The number of rotatable bonds is 10. The molecule has 0 aliphatic heterocycles. The first-order valence-electron chi connectivity index (χ1n) is 10.1. The Morgan fingerprint density at radius 1 is 1.13 bits per heavy atom. The van der Waals surface area contributed by atoms with Crippen LogP contribution in [0.25, 0.3) is 0 Å². The number of aryl methyl sites for hydroxylation is 1. The minimum Gasteiger partial charge on any atom is -0.497 e. The van der Waals surface area contributed by atoms with Crippen LogP contribution in [0.2, 0.25) is 0 Å². The van der Waals surface area contributed by atoms with E-state index in [0.29, 0.717) is 5.56 Å². The van der Waals surface area contributed by atoms with E-state index in [2.05, 4.69) is 58.1 Å². The highest BCUT2D eigenvalue weighted by Crippen LogP contribution is 2.15. The largest absolute Gasteiger partial charge is 0.497 e. The predicted octanol–water partition coefficient (Wildman–Crippen LogP) is 4.46. The van der Waals surface area contributed by atoms with Gasteiger partial charge < -0.3 is 15.4 Å². The van der Waals surface area contributed by atoms with Crippen molar-refractivity contribution in [3.8, 4) is 5.75 Å². The van der Waals surface area contributed by atoms with E-state index in [9.17, 15) is 4.79 Å². The first-order chi connectivity index (χ1) is 14.6. The number of amides is 1. The highest BCUT2D eigenvalue weighted by molar-refractivity contribution is 7.09. The van der Waals surface area contributed by atoms with Crippen LogP contribution in [-0.4, -0.2) is 35.0 Å². The van der Waals surface area contributed by atoms with Crippen LogP contribution in [0.1, 0.15) is 47.1 Å². The van der Waals surface area contributed by atoms with Crippen molar-refractivity contribution in [1.29, 1.82) is 0 Å². The van der Waals surface area contributed by atoms with Gasteiger partial charge in [-0.1, -0.05) is 36.8 Å². The topological polar surface area (TPSA) is 76.1 Å². The Morgan fingerprint density at radius 2 is 1.87 bits per heavy atom. The van der Waals surface area contributed by atoms with Gasteiger partial charge in [0, 0.05) is 36.1 Å². The molecule has 30 heavy (non-hydrogen) atoms. The van der Waals surface area contributed by atoms with Gasteiger partial charge in [-0.2, -0.15) is 4.37 Å². The first-order valence-corrected chi connectivity index (χ1v) is 10.9. The van der Waals surface area contributed by atoms with Gasteiger partial charge in [-0.3, -0.25) is 4.79 Å². The average Bonchev–Trinajstić information content (AvgIpc) is 3.21. The molecule has 1 unspecified atom stereocenters. The lowest BCUT2D eigenvalue weighted by molar-refractivity contribution is 0.0934. The van der Waals surface area contributed by atoms with Crippen molar-refractivity contribution in [2.45, 2.75) is 39.2 Å². The van der Waals surface area contributed by atoms with Crippen LogP contribution in [-0.2, 0) is 6.42 Å². The third-order valence-electron chi connectivity index (χ3n) is 4.90. The van der Waals surface area contributed by atoms with E-state index in [-0.39, 0.29) is 11.9 Å². The maximum absolute atomic E-state index is 12.5. The Hall–Kier alpha value is -2.93. The fourth-order valence-electron chi connectivity index (χ4n) is 3.03. The third-order valence-corrected chi connectivity index (χ3v) is 5.61. The van der Waals surface area contributed by atoms with Crippen LogP contribution in [0.5, 0.6) is 5.75 Å². The molecule has 0 radical (unpaired) electrons. The molecule has 1 amide bonds. The van der Waals surface area contributed by atoms with Gasteiger partial charge in [-0.15, -0.1) is 0 Å². The third kappa shape index (κ3) is 6.29. The van der Waals surface area contributed by atoms with Crippen LogP contribution in [0.15, 0.2) is 48.5 Å². The number of hydrogen-bond donors (Lipinski definition) is 2. The molecular formula is C23H28N4O2S. The standard InChI is InChI=1S/C23H28N4O2S/c1-4-19(25-22(28)18-9-11-20(29-3)12-10-18)13-14-24-23-26-21(27-30-23)15-17-7-5-16(2)6-8-17/h5-12,19H,4,13-15H2,1-3H3,(H,25,28)(H,24,26,27). The quantitative estimate of drug-likeness (QED) is 0.503. The van der Waals surface area contributed by atoms with Gasteiger partial charge >= 0.3 is 0 Å². The number of aromatic nitrogens is 2. The second-order valence-electron chi connectivity index (χ2n) is 7.20. The number of benzene rings is 2. The van der Waals surface area contributed by atoms with Crippen LogP contribution < -0.4 is 15.4 Å². The fourth-order valence-corrected chi connectivity index (χ4v) is 3.64. The summed E-state index contributed by atoms with van der Waals surface area (Å²) in [6.07, 6.45) is 2.40. The molecule has 2 aromatic carbocycles. The number of methoxy groups -OCH3 is 1. The minimum absolute atomic E-state index is 0.0687. The Labute approximate surface area is 181 Å². The van der Waals surface area contributed by atoms with E-state index in [4.69, 9.17) is 4.74 Å². The smallest absolute Gasteiger partial charge is 0.251 e. The van der Waals surface area contributed by atoms with Crippen LogP contribution in [0.4, 0.5) is 5.13 Å². The van der Waals surface area contributed by atoms with E-state index in [1.165, 1.54) is 22.7 Å². The maximum Gasteiger partial charge on any atom is 0.251 e. The van der Waals surface area contributed by atoms with E-state index >= 15 is 0 Å². The molecule has 158 valence electrons. The zero-order valence-electron chi connectivity index (χ0n) is 17.6. The van der Waals surface area contributed by atoms with Gasteiger partial charge in [0.1, 0.15) is 11.6 Å². The van der Waals surface area contributed by atoms with Crippen molar-refractivity contribution in [1.82, 2.24) is 14.7 Å². The molecular weight excluding hydrogens is 396 g/mol. The molecule has 0 fully saturated rings. The van der Waals surface area contributed by atoms with Crippen LogP contribution >= 0.6 is 11.5 Å². The van der Waals surface area contributed by atoms with Gasteiger partial charge in [-0.25, -0.2) is 4.98 Å².